The molecule has 0 heterocycles. The van der Waals surface area contributed by atoms with Crippen molar-refractivity contribution in [3.05, 3.63) is 35.4 Å². The van der Waals surface area contributed by atoms with E-state index in [0.717, 1.165) is 11.1 Å². The van der Waals surface area contributed by atoms with Crippen LogP contribution in [0, 0.1) is 0 Å². The topological polar surface area (TPSA) is 101 Å². The molecule has 4 N–H and O–H groups in total. The first-order valence-corrected chi connectivity index (χ1v) is 6.46. The van der Waals surface area contributed by atoms with Crippen LogP contribution in [-0.2, 0) is 0 Å². The Hall–Kier alpha value is -1.46. The maximum absolute atomic E-state index is 5.31. The van der Waals surface area contributed by atoms with E-state index >= 15 is 0 Å². The van der Waals surface area contributed by atoms with Crippen molar-refractivity contribution in [2.45, 2.75) is 0 Å². The Labute approximate surface area is 121 Å². The predicted molar refractivity (Wildman–Crippen MR) is 76.4 cm³/mol. The van der Waals surface area contributed by atoms with Crippen molar-refractivity contribution in [2.75, 3.05) is 0 Å². The van der Waals surface area contributed by atoms with Crippen molar-refractivity contribution in [3.8, 4) is 0 Å². The van der Waals surface area contributed by atoms with Gasteiger partial charge in [-0.3, -0.25) is 0 Å². The Morgan fingerprint density at radius 1 is 0.944 bits per heavy atom. The molecule has 0 bridgehead atoms. The molecule has 0 fully saturated rings. The summed E-state index contributed by atoms with van der Waals surface area (Å²) < 4.78 is 0.570. The van der Waals surface area contributed by atoms with Crippen LogP contribution in [0.15, 0.2) is 44.7 Å². The van der Waals surface area contributed by atoms with E-state index < -0.39 is 0 Å². The number of nitrogens with two attached hydrogens (primary N) is 2. The van der Waals surface area contributed by atoms with E-state index in [4.69, 9.17) is 11.5 Å². The SMILES string of the molecule is N/C([Se])=N/N=C/c1cccc(/C=N/N=C(/N)[Se])c1. The van der Waals surface area contributed by atoms with Crippen molar-refractivity contribution < 1.29 is 0 Å². The molecule has 2 radical (unpaired) electrons. The van der Waals surface area contributed by atoms with Gasteiger partial charge in [-0.15, -0.1) is 0 Å². The number of amidine groups is 2. The van der Waals surface area contributed by atoms with Crippen LogP contribution >= 0.6 is 0 Å². The third kappa shape index (κ3) is 6.32. The Bertz CT molecular complexity index is 470. The second kappa shape index (κ2) is 7.79. The fraction of sp³-hybridized carbons (Fsp3) is 0. The van der Waals surface area contributed by atoms with E-state index in [2.05, 4.69) is 52.4 Å². The molecule has 92 valence electrons. The minimum atomic E-state index is 0.285. The zero-order valence-electron chi connectivity index (χ0n) is 9.22. The molecule has 0 spiro atoms. The summed E-state index contributed by atoms with van der Waals surface area (Å²) in [4.78, 5) is 0. The van der Waals surface area contributed by atoms with Crippen molar-refractivity contribution in [2.24, 2.45) is 31.9 Å². The van der Waals surface area contributed by atoms with Gasteiger partial charge < -0.3 is 0 Å². The minimum absolute atomic E-state index is 0.285. The van der Waals surface area contributed by atoms with Gasteiger partial charge in [-0.25, -0.2) is 0 Å². The average molecular weight is 372 g/mol. The zero-order valence-corrected chi connectivity index (χ0v) is 12.7. The van der Waals surface area contributed by atoms with Gasteiger partial charge in [-0.1, -0.05) is 0 Å². The molecule has 18 heavy (non-hydrogen) atoms. The number of nitrogens with zero attached hydrogens (tertiary/aromatic N) is 4. The molecule has 0 aliphatic carbocycles. The van der Waals surface area contributed by atoms with Gasteiger partial charge in [0.1, 0.15) is 0 Å². The van der Waals surface area contributed by atoms with Gasteiger partial charge in [0.25, 0.3) is 0 Å². The van der Waals surface area contributed by atoms with Crippen molar-refractivity contribution in [1.82, 2.24) is 0 Å². The fourth-order valence-corrected chi connectivity index (χ4v) is 1.22. The summed E-state index contributed by atoms with van der Waals surface area (Å²) in [5, 5.41) is 14.9. The standard InChI is InChI=1S/C10H10N6Se2/c11-9(17)15-13-5-7-2-1-3-8(4-7)6-14-16-10(12)18/h1-6H,(H2,11,15)(H2,12,16)/b13-5+,14-6+. The first-order valence-electron chi connectivity index (χ1n) is 4.75. The molecule has 1 aromatic rings. The monoisotopic (exact) mass is 374 g/mol. The van der Waals surface area contributed by atoms with Crippen LogP contribution in [-0.4, -0.2) is 53.9 Å². The Morgan fingerprint density at radius 2 is 1.39 bits per heavy atom. The van der Waals surface area contributed by atoms with E-state index in [1.54, 1.807) is 12.4 Å². The maximum atomic E-state index is 5.31. The van der Waals surface area contributed by atoms with Crippen LogP contribution in [0.25, 0.3) is 0 Å². The second-order valence-electron chi connectivity index (χ2n) is 3.04. The molecule has 0 saturated carbocycles. The molecule has 0 saturated heterocycles. The summed E-state index contributed by atoms with van der Waals surface area (Å²) in [6.45, 7) is 0. The van der Waals surface area contributed by atoms with Gasteiger partial charge in [0.15, 0.2) is 0 Å². The van der Waals surface area contributed by atoms with Crippen LogP contribution in [0.2, 0.25) is 0 Å². The molecule has 0 aliphatic heterocycles. The van der Waals surface area contributed by atoms with Crippen molar-refractivity contribution >= 4 is 53.9 Å². The van der Waals surface area contributed by atoms with Crippen LogP contribution in [0.5, 0.6) is 0 Å². The predicted octanol–water partition coefficient (Wildman–Crippen LogP) is -0.679. The number of benzene rings is 1. The molecular formula is C10H10N6Se2. The van der Waals surface area contributed by atoms with Gasteiger partial charge >= 0.3 is 121 Å². The summed E-state index contributed by atoms with van der Waals surface area (Å²) >= 11 is 5.08. The van der Waals surface area contributed by atoms with Gasteiger partial charge in [0.2, 0.25) is 0 Å². The molecule has 0 aromatic heterocycles. The normalized spacial score (nSPS) is 13.6. The van der Waals surface area contributed by atoms with Crippen LogP contribution in [0.1, 0.15) is 11.1 Å². The van der Waals surface area contributed by atoms with E-state index in [-0.39, 0.29) is 9.47 Å². The molecule has 0 aliphatic rings. The molecular weight excluding hydrogens is 362 g/mol. The van der Waals surface area contributed by atoms with Crippen molar-refractivity contribution in [1.29, 1.82) is 0 Å². The average Bonchev–Trinajstić information content (AvgIpc) is 2.28. The molecule has 6 nitrogen and oxygen atoms in total. The van der Waals surface area contributed by atoms with Crippen LogP contribution in [0.3, 0.4) is 0 Å². The molecule has 1 rings (SSSR count). The summed E-state index contributed by atoms with van der Waals surface area (Å²) in [5.41, 5.74) is 12.4. The number of hydrogen-bond acceptors (Lipinski definition) is 4. The zero-order chi connectivity index (χ0) is 13.4. The van der Waals surface area contributed by atoms with E-state index in [0.29, 0.717) is 0 Å². The number of rotatable bonds is 4. The third-order valence-electron chi connectivity index (χ3n) is 1.64. The fourth-order valence-electron chi connectivity index (χ4n) is 1.02. The number of hydrogen-bond donors (Lipinski definition) is 2. The van der Waals surface area contributed by atoms with Gasteiger partial charge in [0, 0.05) is 0 Å². The first-order chi connectivity index (χ1) is 8.58. The summed E-state index contributed by atoms with van der Waals surface area (Å²) in [5.74, 6) is 0. The molecule has 0 unspecified atom stereocenters. The Kier molecular flexibility index (Phi) is 6.32. The summed E-state index contributed by atoms with van der Waals surface area (Å²) in [7, 11) is 0. The van der Waals surface area contributed by atoms with Crippen LogP contribution in [0.4, 0.5) is 0 Å². The van der Waals surface area contributed by atoms with E-state index in [1.165, 1.54) is 0 Å². The second-order valence-corrected chi connectivity index (χ2v) is 4.79. The van der Waals surface area contributed by atoms with Crippen LogP contribution < -0.4 is 11.5 Å². The van der Waals surface area contributed by atoms with E-state index in [1.807, 2.05) is 24.3 Å². The van der Waals surface area contributed by atoms with Gasteiger partial charge in [-0.05, 0) is 0 Å². The van der Waals surface area contributed by atoms with Gasteiger partial charge in [0.05, 0.1) is 0 Å². The molecule has 8 heteroatoms. The molecule has 0 amide bonds. The molecule has 0 atom stereocenters. The van der Waals surface area contributed by atoms with Gasteiger partial charge in [-0.2, -0.15) is 0 Å². The first kappa shape index (κ1) is 14.6. The molecule has 1 aromatic carbocycles. The Balaban J connectivity index is 2.80. The van der Waals surface area contributed by atoms with Crippen molar-refractivity contribution in [3.63, 3.8) is 0 Å². The Morgan fingerprint density at radius 3 is 1.78 bits per heavy atom. The quantitative estimate of drug-likeness (QED) is 0.317. The third-order valence-corrected chi connectivity index (χ3v) is 1.98. The summed E-state index contributed by atoms with van der Waals surface area (Å²) in [6.07, 6.45) is 3.18. The summed E-state index contributed by atoms with van der Waals surface area (Å²) in [6, 6.07) is 7.52. The van der Waals surface area contributed by atoms with E-state index in [9.17, 15) is 0 Å².